The molecule has 0 aliphatic carbocycles. The minimum Gasteiger partial charge on any atom is -0.476 e. The van der Waals surface area contributed by atoms with Gasteiger partial charge >= 0.3 is 42.5 Å². The predicted molar refractivity (Wildman–Crippen MR) is 510 cm³/mol. The molecular formula is C97H96F7N27O8. The van der Waals surface area contributed by atoms with Gasteiger partial charge in [-0.3, -0.25) is 50.8 Å². The highest BCUT2D eigenvalue weighted by Gasteiger charge is 2.46. The van der Waals surface area contributed by atoms with Crippen molar-refractivity contribution >= 4 is 99.2 Å². The largest absolute Gasteiger partial charge is 0.476 e. The van der Waals surface area contributed by atoms with Crippen LogP contribution in [0.5, 0.6) is 11.9 Å². The Balaban J connectivity index is 0.000000123. The van der Waals surface area contributed by atoms with Crippen LogP contribution < -0.4 is 74.8 Å². The summed E-state index contributed by atoms with van der Waals surface area (Å²) in [6.07, 6.45) is 9.16. The van der Waals surface area contributed by atoms with Crippen LogP contribution in [0.15, 0.2) is 208 Å². The number of urea groups is 4. The molecule has 0 radical (unpaired) electrons. The lowest BCUT2D eigenvalue weighted by Gasteiger charge is -2.35. The van der Waals surface area contributed by atoms with Gasteiger partial charge in [-0.1, -0.05) is 44.2 Å². The number of anilines is 13. The van der Waals surface area contributed by atoms with E-state index in [-0.39, 0.29) is 92.0 Å². The molecule has 8 bridgehead atoms. The minimum atomic E-state index is -4.48. The van der Waals surface area contributed by atoms with Gasteiger partial charge in [-0.15, -0.1) is 0 Å². The standard InChI is InChI=1S/C26H27F3N6O3.C25H24N8O.C24H23F3N6O3.C22H22FN7O/c1-25(2,14-36)15-38-22-12-30-11-21(32-22)33-24(37)35-18-8-9-34(13-18)20-7-6-19(31-23(20)35)16-4-3-5-17(10-16)26(27,28)29;1-16-11-17(5-8-27-16)20-3-4-21-24(29-20)33(19-7-10-32(21)14-19)25(34)30-23-12-18(6-9-28-23)22-13-26-15-31(22)2;25-24(26,27)16-4-1-3-15(13-16)18-5-6-19-21(29-18)33(17-8-10-32(19)14-17)23(35)31-20-7-9-28-22(30-20)36-12-2-11-34;1-28(2)20-16(23)11-14(12-25-20)17-6-7-18-21(26-17)30(15-8-10-29(18)13-15)22(31)27-19-5-3-4-9-24-19/h3-7,10-12,18,36H,8-9,13-15H2,1-2H3,(H,32,33,37);3-6,8-9,11-13,15,19H,7,10,14H2,1-2H3,(H,28,30,34);1,3-7,9,13,17,34H,2,8,10-12,14H2,(H,28,30,31,35);3-7,9,11-12,15H,8,10,13H2,1-2H3,(H,24,27,31)/t18-;19-;17-;15-/m0000/s1. The summed E-state index contributed by atoms with van der Waals surface area (Å²) in [6, 6.07) is 39.1. The average Bonchev–Trinajstić information content (AvgIpc) is 1.67. The second kappa shape index (κ2) is 39.4. The van der Waals surface area contributed by atoms with E-state index in [9.17, 15) is 55.0 Å². The van der Waals surface area contributed by atoms with Crippen molar-refractivity contribution in [2.75, 3.05) is 158 Å². The second-order valence-corrected chi connectivity index (χ2v) is 35.2. The van der Waals surface area contributed by atoms with E-state index in [1.165, 1.54) is 42.9 Å². The number of aromatic nitrogens is 14. The third-order valence-electron chi connectivity index (χ3n) is 24.7. The summed E-state index contributed by atoms with van der Waals surface area (Å²) in [7, 11) is 5.42. The number of carbonyl (C=O) groups is 4. The predicted octanol–water partition coefficient (Wildman–Crippen LogP) is 15.8. The Kier molecular flexibility index (Phi) is 26.5. The van der Waals surface area contributed by atoms with Crippen molar-refractivity contribution in [3.63, 3.8) is 0 Å². The van der Waals surface area contributed by atoms with Crippen LogP contribution in [-0.4, -0.2) is 221 Å². The molecule has 6 N–H and O–H groups in total. The van der Waals surface area contributed by atoms with Crippen LogP contribution in [0, 0.1) is 18.2 Å². The molecule has 4 saturated heterocycles. The number of aryl methyl sites for hydroxylation is 2. The van der Waals surface area contributed by atoms with Gasteiger partial charge in [-0.2, -0.15) is 36.3 Å². The molecule has 2 aromatic carbocycles. The van der Waals surface area contributed by atoms with E-state index in [0.29, 0.717) is 94.6 Å². The van der Waals surface area contributed by atoms with Gasteiger partial charge in [0, 0.05) is 156 Å². The normalized spacial score (nSPS) is 16.7. The van der Waals surface area contributed by atoms with E-state index >= 15 is 0 Å². The van der Waals surface area contributed by atoms with Gasteiger partial charge in [0.25, 0.3) is 0 Å². The summed E-state index contributed by atoms with van der Waals surface area (Å²) in [5.41, 5.74) is 8.35. The lowest BCUT2D eigenvalue weighted by molar-refractivity contribution is -0.138. The number of rotatable bonds is 18. The molecule has 19 heterocycles. The SMILES string of the molecule is CC(C)(CO)COc1cncc(NC(=O)N2c3nc(-c4cccc(C(F)(F)F)c4)ccc3N3CC[C@H]2C3)n1.CN(C)c1ncc(-c2ccc3c(n2)N(C(=O)Nc2ccccn2)[C@H]2CCN3C2)cc1F.Cc1cc(-c2ccc3c(n2)N(C(=O)Nc2cc(-c4cncn4C)ccn2)[C@H]2CCN3C2)ccn1.O=C(Nc1ccnc(OCCCO)n1)N1c2nc(-c3cccc(C(F)(F)F)c3)ccc2N2CC[C@H]1C2. The Labute approximate surface area is 792 Å². The van der Waals surface area contributed by atoms with Crippen molar-refractivity contribution < 1.29 is 69.6 Å². The highest BCUT2D eigenvalue weighted by atomic mass is 19.4. The lowest BCUT2D eigenvalue weighted by Crippen LogP contribution is -2.48. The maximum absolute atomic E-state index is 14.5. The van der Waals surface area contributed by atoms with Crippen LogP contribution >= 0.6 is 0 Å². The van der Waals surface area contributed by atoms with Crippen molar-refractivity contribution in [3.05, 3.63) is 230 Å². The number of nitrogens with zero attached hydrogens (tertiary/aromatic N) is 23. The maximum Gasteiger partial charge on any atom is 0.416 e. The average molecular weight is 1900 g/mol. The maximum atomic E-state index is 14.5. The number of amides is 8. The van der Waals surface area contributed by atoms with Crippen molar-refractivity contribution in [1.82, 2.24) is 69.4 Å². The van der Waals surface area contributed by atoms with Crippen LogP contribution in [0.25, 0.3) is 56.3 Å². The van der Waals surface area contributed by atoms with E-state index in [1.54, 1.807) is 124 Å². The summed E-state index contributed by atoms with van der Waals surface area (Å²) in [5.74, 6) is 3.41. The number of pyridine rings is 8. The summed E-state index contributed by atoms with van der Waals surface area (Å²) < 4.78 is 107. The molecular weight excluding hydrogens is 1800 g/mol. The molecule has 21 rings (SSSR count). The monoisotopic (exact) mass is 1900 g/mol. The Bertz CT molecular complexity index is 6740. The van der Waals surface area contributed by atoms with Gasteiger partial charge < -0.3 is 48.8 Å². The molecule has 42 heteroatoms. The number of halogens is 7. The number of nitrogens with one attached hydrogen (secondary N) is 4. The van der Waals surface area contributed by atoms with Gasteiger partial charge in [0.15, 0.2) is 40.7 Å². The fourth-order valence-electron chi connectivity index (χ4n) is 17.8. The van der Waals surface area contributed by atoms with Gasteiger partial charge in [-0.25, -0.2) is 68.4 Å². The molecule has 13 aromatic rings. The molecule has 716 valence electrons. The number of aliphatic hydroxyl groups is 2. The van der Waals surface area contributed by atoms with E-state index in [2.05, 4.69) is 102 Å². The molecule has 139 heavy (non-hydrogen) atoms. The highest BCUT2D eigenvalue weighted by molar-refractivity contribution is 6.08. The van der Waals surface area contributed by atoms with Gasteiger partial charge in [0.05, 0.1) is 131 Å². The number of fused-ring (bicyclic) bond motifs is 16. The third kappa shape index (κ3) is 20.5. The topological polar surface area (TPSA) is 377 Å². The molecule has 11 aromatic heterocycles. The highest BCUT2D eigenvalue weighted by Crippen LogP contribution is 2.47. The Morgan fingerprint density at radius 3 is 1.40 bits per heavy atom. The molecule has 35 nitrogen and oxygen atoms in total. The first-order chi connectivity index (χ1) is 66.9. The van der Waals surface area contributed by atoms with Crippen molar-refractivity contribution in [2.24, 2.45) is 12.5 Å². The van der Waals surface area contributed by atoms with Gasteiger partial charge in [-0.05, 0) is 154 Å². The smallest absolute Gasteiger partial charge is 0.416 e. The number of hydrogen-bond acceptors (Lipinski definition) is 26. The fourth-order valence-corrected chi connectivity index (χ4v) is 17.8. The summed E-state index contributed by atoms with van der Waals surface area (Å²) >= 11 is 0. The van der Waals surface area contributed by atoms with E-state index in [1.807, 2.05) is 80.9 Å². The van der Waals surface area contributed by atoms with Crippen molar-refractivity contribution in [2.45, 2.75) is 89.4 Å². The zero-order valence-electron chi connectivity index (χ0n) is 76.2. The quantitative estimate of drug-likeness (QED) is 0.0343. The second-order valence-electron chi connectivity index (χ2n) is 35.2. The number of alkyl halides is 6. The van der Waals surface area contributed by atoms with Crippen molar-refractivity contribution in [1.29, 1.82) is 0 Å². The van der Waals surface area contributed by atoms with Crippen LogP contribution in [0.1, 0.15) is 62.8 Å². The van der Waals surface area contributed by atoms with Crippen LogP contribution in [0.4, 0.5) is 125 Å². The minimum absolute atomic E-state index is 0.0185. The number of hydrogen-bond donors (Lipinski definition) is 6. The first kappa shape index (κ1) is 93.5. The van der Waals surface area contributed by atoms with E-state index in [4.69, 9.17) is 24.5 Å². The zero-order valence-corrected chi connectivity index (χ0v) is 76.2. The number of imidazole rings is 1. The van der Waals surface area contributed by atoms with Crippen LogP contribution in [0.2, 0.25) is 0 Å². The third-order valence-corrected chi connectivity index (χ3v) is 24.7. The van der Waals surface area contributed by atoms with E-state index < -0.39 is 46.8 Å². The molecule has 0 saturated carbocycles. The zero-order chi connectivity index (χ0) is 97.1. The first-order valence-electron chi connectivity index (χ1n) is 45.0. The van der Waals surface area contributed by atoms with Crippen LogP contribution in [0.3, 0.4) is 0 Å². The van der Waals surface area contributed by atoms with Crippen LogP contribution in [-0.2, 0) is 19.4 Å². The Morgan fingerprint density at radius 1 is 0.453 bits per heavy atom. The molecule has 0 spiro atoms. The molecule has 4 atom stereocenters. The fraction of sp³-hybridized carbons (Fsp3) is 0.309. The van der Waals surface area contributed by atoms with Gasteiger partial charge in [0.1, 0.15) is 17.5 Å². The molecule has 8 aliphatic heterocycles. The summed E-state index contributed by atoms with van der Waals surface area (Å²) in [4.78, 5) is 127. The van der Waals surface area contributed by atoms with Gasteiger partial charge in [0.2, 0.25) is 5.88 Å². The number of aliphatic hydroxyl groups excluding tert-OH is 2. The number of carbonyl (C=O) groups excluding carboxylic acids is 4. The molecule has 4 fully saturated rings. The first-order valence-corrected chi connectivity index (χ1v) is 45.0. The molecule has 8 amide bonds. The molecule has 8 aliphatic rings. The Hall–Kier alpha value is -15.9. The summed E-state index contributed by atoms with van der Waals surface area (Å²) in [6.45, 7) is 12.0. The molecule has 0 unspecified atom stereocenters. The lowest BCUT2D eigenvalue weighted by atomic mass is 9.97. The van der Waals surface area contributed by atoms with Crippen molar-refractivity contribution in [3.8, 4) is 68.2 Å². The Morgan fingerprint density at radius 2 is 0.928 bits per heavy atom. The number of ether oxygens (including phenoxy) is 2. The number of benzene rings is 2. The van der Waals surface area contributed by atoms with E-state index in [0.717, 1.165) is 134 Å². The summed E-state index contributed by atoms with van der Waals surface area (Å²) in [5, 5.41) is 29.7.